The van der Waals surface area contributed by atoms with Crippen LogP contribution in [0.3, 0.4) is 0 Å². The second-order valence-electron chi connectivity index (χ2n) is 4.05. The van der Waals surface area contributed by atoms with Crippen LogP contribution in [0.4, 0.5) is 0 Å². The summed E-state index contributed by atoms with van der Waals surface area (Å²) in [6.07, 6.45) is 0.0303. The molecule has 0 saturated carbocycles. The van der Waals surface area contributed by atoms with Gasteiger partial charge in [0, 0.05) is 20.1 Å². The number of carbonyl (C=O) groups excluding carboxylic acids is 3. The van der Waals surface area contributed by atoms with Crippen molar-refractivity contribution in [3.63, 3.8) is 0 Å². The van der Waals surface area contributed by atoms with Gasteiger partial charge in [-0.3, -0.25) is 14.4 Å². The molecule has 0 bridgehead atoms. The molecule has 1 aliphatic rings. The van der Waals surface area contributed by atoms with Crippen LogP contribution < -0.4 is 10.6 Å². The van der Waals surface area contributed by atoms with Gasteiger partial charge in [-0.2, -0.15) is 0 Å². The van der Waals surface area contributed by atoms with Crippen molar-refractivity contribution in [3.8, 4) is 0 Å². The van der Waals surface area contributed by atoms with Gasteiger partial charge in [-0.05, 0) is 6.92 Å². The van der Waals surface area contributed by atoms with E-state index in [4.69, 9.17) is 0 Å². The van der Waals surface area contributed by atoms with Gasteiger partial charge >= 0.3 is 5.97 Å². The van der Waals surface area contributed by atoms with E-state index in [0.29, 0.717) is 13.1 Å². The minimum atomic E-state index is -0.508. The number of rotatable bonds is 5. The molecule has 0 radical (unpaired) electrons. The highest BCUT2D eigenvalue weighted by Gasteiger charge is 2.27. The van der Waals surface area contributed by atoms with Crippen molar-refractivity contribution in [3.05, 3.63) is 0 Å². The van der Waals surface area contributed by atoms with Crippen LogP contribution in [-0.4, -0.2) is 62.0 Å². The molecule has 19 heavy (non-hydrogen) atoms. The molecule has 8 heteroatoms. The van der Waals surface area contributed by atoms with Crippen molar-refractivity contribution in [2.75, 3.05) is 33.3 Å². The Hall–Kier alpha value is -1.34. The summed E-state index contributed by atoms with van der Waals surface area (Å²) in [5.74, 6) is -0.928. The molecule has 2 amide bonds. The molecule has 0 aromatic heterocycles. The molecule has 110 valence electrons. The lowest BCUT2D eigenvalue weighted by Crippen LogP contribution is -2.55. The highest BCUT2D eigenvalue weighted by molar-refractivity contribution is 5.89. The quantitative estimate of drug-likeness (QED) is 0.629. The Morgan fingerprint density at radius 1 is 1.53 bits per heavy atom. The molecule has 1 heterocycles. The van der Waals surface area contributed by atoms with Crippen molar-refractivity contribution in [2.45, 2.75) is 19.4 Å². The first-order chi connectivity index (χ1) is 8.54. The van der Waals surface area contributed by atoms with Crippen LogP contribution in [0.5, 0.6) is 0 Å². The lowest BCUT2D eigenvalue weighted by molar-refractivity contribution is -0.143. The number of halogens is 1. The van der Waals surface area contributed by atoms with E-state index in [1.165, 1.54) is 0 Å². The van der Waals surface area contributed by atoms with Crippen LogP contribution in [0.1, 0.15) is 13.3 Å². The maximum Gasteiger partial charge on any atom is 0.325 e. The summed E-state index contributed by atoms with van der Waals surface area (Å²) in [5, 5.41) is 5.40. The number of ether oxygens (including phenoxy) is 1. The molecule has 0 spiro atoms. The maximum atomic E-state index is 11.7. The first-order valence-electron chi connectivity index (χ1n) is 5.95. The molecule has 1 atom stereocenters. The van der Waals surface area contributed by atoms with Gasteiger partial charge in [0.25, 0.3) is 0 Å². The summed E-state index contributed by atoms with van der Waals surface area (Å²) in [5.41, 5.74) is 0. The molecule has 0 aromatic rings. The molecule has 1 fully saturated rings. The predicted octanol–water partition coefficient (Wildman–Crippen LogP) is -1.09. The number of hydrogen-bond acceptors (Lipinski definition) is 5. The van der Waals surface area contributed by atoms with E-state index in [1.54, 1.807) is 18.9 Å². The van der Waals surface area contributed by atoms with Crippen LogP contribution in [0.15, 0.2) is 0 Å². The molecular weight excluding hydrogens is 274 g/mol. The summed E-state index contributed by atoms with van der Waals surface area (Å²) in [6, 6.07) is -0.508. The minimum Gasteiger partial charge on any atom is -0.465 e. The van der Waals surface area contributed by atoms with E-state index in [0.717, 1.165) is 0 Å². The Bertz CT molecular complexity index is 338. The lowest BCUT2D eigenvalue weighted by Gasteiger charge is -2.29. The van der Waals surface area contributed by atoms with E-state index >= 15 is 0 Å². The lowest BCUT2D eigenvalue weighted by atomic mass is 10.1. The van der Waals surface area contributed by atoms with Gasteiger partial charge in [0.1, 0.15) is 6.54 Å². The molecule has 0 aromatic carbocycles. The number of hydrogen-bond donors (Lipinski definition) is 2. The summed E-state index contributed by atoms with van der Waals surface area (Å²) in [6.45, 7) is 3.11. The van der Waals surface area contributed by atoms with Gasteiger partial charge in [-0.1, -0.05) is 0 Å². The number of esters is 1. The topological polar surface area (TPSA) is 87.7 Å². The number of likely N-dealkylation sites (N-methyl/N-ethyl adjacent to an activating group) is 1. The minimum absolute atomic E-state index is 0. The van der Waals surface area contributed by atoms with E-state index < -0.39 is 12.0 Å². The monoisotopic (exact) mass is 293 g/mol. The highest BCUT2D eigenvalue weighted by Crippen LogP contribution is 2.02. The van der Waals surface area contributed by atoms with E-state index in [9.17, 15) is 14.4 Å². The zero-order valence-corrected chi connectivity index (χ0v) is 11.9. The summed E-state index contributed by atoms with van der Waals surface area (Å²) in [7, 11) is 1.70. The molecule has 1 aliphatic heterocycles. The number of piperazine rings is 1. The van der Waals surface area contributed by atoms with Gasteiger partial charge in [-0.25, -0.2) is 0 Å². The molecule has 1 rings (SSSR count). The maximum absolute atomic E-state index is 11.7. The average molecular weight is 294 g/mol. The molecule has 2 N–H and O–H groups in total. The highest BCUT2D eigenvalue weighted by atomic mass is 35.5. The van der Waals surface area contributed by atoms with E-state index in [-0.39, 0.29) is 43.8 Å². The fraction of sp³-hybridized carbons (Fsp3) is 0.727. The van der Waals surface area contributed by atoms with Crippen LogP contribution in [0.2, 0.25) is 0 Å². The molecule has 7 nitrogen and oxygen atoms in total. The Kier molecular flexibility index (Phi) is 8.09. The van der Waals surface area contributed by atoms with Crippen molar-refractivity contribution >= 4 is 30.2 Å². The second kappa shape index (κ2) is 8.71. The fourth-order valence-corrected chi connectivity index (χ4v) is 1.67. The first-order valence-corrected chi connectivity index (χ1v) is 5.95. The van der Waals surface area contributed by atoms with Crippen LogP contribution in [-0.2, 0) is 19.1 Å². The third-order valence-corrected chi connectivity index (χ3v) is 2.64. The van der Waals surface area contributed by atoms with Crippen molar-refractivity contribution in [1.82, 2.24) is 15.5 Å². The third kappa shape index (κ3) is 5.89. The van der Waals surface area contributed by atoms with Crippen molar-refractivity contribution in [2.24, 2.45) is 0 Å². The standard InChI is InChI=1S/C11H19N3O4.ClH/c1-3-18-10(16)7-13-9(15)6-8-11(17)14(2)5-4-12-8;/h8,12H,3-7H2,1-2H3,(H,13,15);1H. The van der Waals surface area contributed by atoms with Gasteiger partial charge < -0.3 is 20.3 Å². The van der Waals surface area contributed by atoms with Crippen LogP contribution >= 0.6 is 12.4 Å². The zero-order valence-electron chi connectivity index (χ0n) is 11.1. The van der Waals surface area contributed by atoms with Crippen molar-refractivity contribution in [1.29, 1.82) is 0 Å². The van der Waals surface area contributed by atoms with Gasteiger partial charge in [0.15, 0.2) is 0 Å². The van der Waals surface area contributed by atoms with Gasteiger partial charge in [0.2, 0.25) is 11.8 Å². The second-order valence-corrected chi connectivity index (χ2v) is 4.05. The molecule has 1 saturated heterocycles. The number of amides is 2. The van der Waals surface area contributed by atoms with Gasteiger partial charge in [0.05, 0.1) is 19.1 Å². The number of nitrogens with zero attached hydrogens (tertiary/aromatic N) is 1. The Morgan fingerprint density at radius 3 is 2.84 bits per heavy atom. The Labute approximate surface area is 118 Å². The summed E-state index contributed by atoms with van der Waals surface area (Å²) in [4.78, 5) is 35.8. The summed E-state index contributed by atoms with van der Waals surface area (Å²) >= 11 is 0. The van der Waals surface area contributed by atoms with Crippen LogP contribution in [0.25, 0.3) is 0 Å². The smallest absolute Gasteiger partial charge is 0.325 e. The predicted molar refractivity (Wildman–Crippen MR) is 70.9 cm³/mol. The van der Waals surface area contributed by atoms with Crippen LogP contribution in [0, 0.1) is 0 Å². The van der Waals surface area contributed by atoms with E-state index in [2.05, 4.69) is 15.4 Å². The average Bonchev–Trinajstić information content (AvgIpc) is 2.33. The molecule has 0 aliphatic carbocycles. The molecule has 1 unspecified atom stereocenters. The third-order valence-electron chi connectivity index (χ3n) is 2.64. The first kappa shape index (κ1) is 17.7. The van der Waals surface area contributed by atoms with Gasteiger partial charge in [-0.15, -0.1) is 12.4 Å². The largest absolute Gasteiger partial charge is 0.465 e. The van der Waals surface area contributed by atoms with E-state index in [1.807, 2.05) is 0 Å². The molecular formula is C11H20ClN3O4. The Balaban J connectivity index is 0.00000324. The Morgan fingerprint density at radius 2 is 2.21 bits per heavy atom. The number of nitrogens with one attached hydrogen (secondary N) is 2. The van der Waals surface area contributed by atoms with Crippen molar-refractivity contribution < 1.29 is 19.1 Å². The number of carbonyl (C=O) groups is 3. The normalized spacial score (nSPS) is 18.5. The zero-order chi connectivity index (χ0) is 13.5. The fourth-order valence-electron chi connectivity index (χ4n) is 1.67. The SMILES string of the molecule is CCOC(=O)CNC(=O)CC1NCCN(C)C1=O.Cl. The summed E-state index contributed by atoms with van der Waals surface area (Å²) < 4.78 is 4.68.